The largest absolute Gasteiger partial charge is 0.497 e. The molecule has 3 rings (SSSR count). The number of ether oxygens (including phenoxy) is 2. The second kappa shape index (κ2) is 15.1. The van der Waals surface area contributed by atoms with Crippen LogP contribution in [0, 0.1) is 6.92 Å². The van der Waals surface area contributed by atoms with Crippen molar-refractivity contribution < 1.29 is 9.47 Å². The molecule has 184 valence electrons. The van der Waals surface area contributed by atoms with Crippen molar-refractivity contribution in [3.63, 3.8) is 0 Å². The van der Waals surface area contributed by atoms with Gasteiger partial charge >= 0.3 is 0 Å². The zero-order chi connectivity index (χ0) is 22.6. The number of methoxy groups -OCH3 is 1. The highest BCUT2D eigenvalue weighted by Gasteiger charge is 2.13. The summed E-state index contributed by atoms with van der Waals surface area (Å²) in [6, 6.07) is 8.17. The Hall–Kier alpha value is -1.88. The monoisotopic (exact) mass is 570 g/mol. The topological polar surface area (TPSA) is 85.6 Å². The maximum Gasteiger partial charge on any atom is 0.191 e. The molecule has 33 heavy (non-hydrogen) atoms. The highest BCUT2D eigenvalue weighted by molar-refractivity contribution is 14.0. The Labute approximate surface area is 215 Å². The molecule has 1 aromatic heterocycles. The fourth-order valence-electron chi connectivity index (χ4n) is 3.79. The van der Waals surface area contributed by atoms with Crippen LogP contribution in [0.25, 0.3) is 0 Å². The number of hydrogen-bond donors (Lipinski definition) is 2. The molecule has 1 aliphatic rings. The van der Waals surface area contributed by atoms with Crippen molar-refractivity contribution in [1.82, 2.24) is 25.4 Å². The highest BCUT2D eigenvalue weighted by atomic mass is 127. The van der Waals surface area contributed by atoms with Crippen LogP contribution in [0.15, 0.2) is 29.3 Å². The Balaban J connectivity index is 0.00000385. The summed E-state index contributed by atoms with van der Waals surface area (Å²) in [6.07, 6.45) is 8.71. The Bertz CT molecular complexity index is 834. The van der Waals surface area contributed by atoms with E-state index in [0.29, 0.717) is 12.6 Å². The van der Waals surface area contributed by atoms with Gasteiger partial charge in [0.2, 0.25) is 0 Å². The molecule has 0 saturated heterocycles. The molecule has 1 aliphatic carbocycles. The van der Waals surface area contributed by atoms with Crippen LogP contribution in [0.5, 0.6) is 5.75 Å². The van der Waals surface area contributed by atoms with E-state index in [9.17, 15) is 0 Å². The van der Waals surface area contributed by atoms with Gasteiger partial charge in [-0.1, -0.05) is 31.4 Å². The summed E-state index contributed by atoms with van der Waals surface area (Å²) in [5.74, 6) is 3.40. The van der Waals surface area contributed by atoms with Crippen LogP contribution in [-0.2, 0) is 24.8 Å². The van der Waals surface area contributed by atoms with Crippen molar-refractivity contribution in [3.05, 3.63) is 41.5 Å². The van der Waals surface area contributed by atoms with Gasteiger partial charge in [0, 0.05) is 26.7 Å². The summed E-state index contributed by atoms with van der Waals surface area (Å²) in [5.41, 5.74) is 1.25. The molecule has 0 unspecified atom stereocenters. The number of hydrogen-bond acceptors (Lipinski definition) is 5. The van der Waals surface area contributed by atoms with Gasteiger partial charge in [-0.25, -0.2) is 4.99 Å². The minimum atomic E-state index is 0. The lowest BCUT2D eigenvalue weighted by molar-refractivity contribution is 0.0277. The Kier molecular flexibility index (Phi) is 12.5. The molecule has 2 N–H and O–H groups in total. The van der Waals surface area contributed by atoms with Gasteiger partial charge in [0.15, 0.2) is 11.8 Å². The van der Waals surface area contributed by atoms with Gasteiger partial charge in [-0.15, -0.1) is 34.2 Å². The molecule has 0 atom stereocenters. The van der Waals surface area contributed by atoms with Crippen molar-refractivity contribution in [2.45, 2.75) is 64.5 Å². The number of nitrogens with zero attached hydrogens (tertiary/aromatic N) is 4. The number of rotatable bonds is 11. The Morgan fingerprint density at radius 1 is 1.09 bits per heavy atom. The van der Waals surface area contributed by atoms with Crippen molar-refractivity contribution >= 4 is 29.9 Å². The third-order valence-corrected chi connectivity index (χ3v) is 5.95. The fraction of sp³-hybridized carbons (Fsp3) is 0.625. The van der Waals surface area contributed by atoms with Gasteiger partial charge in [-0.05, 0) is 50.3 Å². The number of guanidine groups is 1. The summed E-state index contributed by atoms with van der Waals surface area (Å²) >= 11 is 0. The average Bonchev–Trinajstić information content (AvgIpc) is 3.15. The van der Waals surface area contributed by atoms with Crippen molar-refractivity contribution in [1.29, 1.82) is 0 Å². The lowest BCUT2D eigenvalue weighted by Gasteiger charge is -2.22. The van der Waals surface area contributed by atoms with E-state index in [1.807, 2.05) is 30.7 Å². The Morgan fingerprint density at radius 2 is 1.82 bits per heavy atom. The predicted octanol–water partition coefficient (Wildman–Crippen LogP) is 3.77. The molecular weight excluding hydrogens is 531 g/mol. The van der Waals surface area contributed by atoms with Crippen LogP contribution in [0.4, 0.5) is 0 Å². The van der Waals surface area contributed by atoms with E-state index in [1.165, 1.54) is 37.7 Å². The molecule has 1 heterocycles. The van der Waals surface area contributed by atoms with E-state index in [4.69, 9.17) is 14.5 Å². The zero-order valence-electron chi connectivity index (χ0n) is 20.2. The molecule has 8 nitrogen and oxygen atoms in total. The molecule has 2 aromatic rings. The second-order valence-electron chi connectivity index (χ2n) is 8.32. The maximum atomic E-state index is 6.04. The van der Waals surface area contributed by atoms with Gasteiger partial charge < -0.3 is 24.7 Å². The van der Waals surface area contributed by atoms with Gasteiger partial charge in [0.25, 0.3) is 0 Å². The first-order valence-corrected chi connectivity index (χ1v) is 11.8. The molecule has 0 spiro atoms. The van der Waals surface area contributed by atoms with Crippen molar-refractivity contribution in [2.75, 3.05) is 26.8 Å². The van der Waals surface area contributed by atoms with Crippen LogP contribution >= 0.6 is 24.0 Å². The van der Waals surface area contributed by atoms with Crippen LogP contribution in [-0.4, -0.2) is 53.6 Å². The summed E-state index contributed by atoms with van der Waals surface area (Å²) in [5, 5.41) is 15.2. The van der Waals surface area contributed by atoms with E-state index in [1.54, 1.807) is 7.11 Å². The van der Waals surface area contributed by atoms with Gasteiger partial charge in [0.05, 0.1) is 13.2 Å². The third kappa shape index (κ3) is 9.48. The molecule has 0 aliphatic heterocycles. The van der Waals surface area contributed by atoms with Crippen LogP contribution < -0.4 is 15.4 Å². The molecule has 0 radical (unpaired) electrons. The lowest BCUT2D eigenvalue weighted by atomic mass is 9.98. The molecular formula is C24H39IN6O2. The average molecular weight is 571 g/mol. The van der Waals surface area contributed by atoms with Crippen molar-refractivity contribution in [2.24, 2.45) is 12.0 Å². The van der Waals surface area contributed by atoms with Crippen LogP contribution in [0.1, 0.15) is 55.7 Å². The molecule has 0 bridgehead atoms. The van der Waals surface area contributed by atoms with E-state index < -0.39 is 0 Å². The summed E-state index contributed by atoms with van der Waals surface area (Å²) in [6.45, 7) is 4.82. The smallest absolute Gasteiger partial charge is 0.191 e. The summed E-state index contributed by atoms with van der Waals surface area (Å²) < 4.78 is 13.2. The molecule has 9 heteroatoms. The van der Waals surface area contributed by atoms with Gasteiger partial charge in [-0.2, -0.15) is 0 Å². The molecule has 1 aromatic carbocycles. The van der Waals surface area contributed by atoms with E-state index >= 15 is 0 Å². The van der Waals surface area contributed by atoms with Crippen LogP contribution in [0.2, 0.25) is 0 Å². The van der Waals surface area contributed by atoms with E-state index in [0.717, 1.165) is 55.9 Å². The van der Waals surface area contributed by atoms with E-state index in [-0.39, 0.29) is 24.0 Å². The number of nitrogens with one attached hydrogen (secondary N) is 2. The first-order chi connectivity index (χ1) is 15.7. The van der Waals surface area contributed by atoms with Crippen molar-refractivity contribution in [3.8, 4) is 5.75 Å². The molecule has 0 amide bonds. The summed E-state index contributed by atoms with van der Waals surface area (Å²) in [7, 11) is 3.65. The normalized spacial score (nSPS) is 14.6. The minimum Gasteiger partial charge on any atom is -0.497 e. The predicted molar refractivity (Wildman–Crippen MR) is 142 cm³/mol. The quantitative estimate of drug-likeness (QED) is 0.185. The highest BCUT2D eigenvalue weighted by Crippen LogP contribution is 2.20. The third-order valence-electron chi connectivity index (χ3n) is 5.95. The SMILES string of the molecule is COc1ccc(CCNC(=NCc2nnc(C)n2C)NCCCOC2CCCCC2)cc1.I. The fourth-order valence-corrected chi connectivity index (χ4v) is 3.79. The minimum absolute atomic E-state index is 0. The number of benzene rings is 1. The number of aryl methyl sites for hydroxylation is 1. The van der Waals surface area contributed by atoms with Gasteiger partial charge in [0.1, 0.15) is 18.1 Å². The second-order valence-corrected chi connectivity index (χ2v) is 8.32. The van der Waals surface area contributed by atoms with Crippen LogP contribution in [0.3, 0.4) is 0 Å². The first-order valence-electron chi connectivity index (χ1n) is 11.8. The lowest BCUT2D eigenvalue weighted by Crippen LogP contribution is -2.39. The zero-order valence-corrected chi connectivity index (χ0v) is 22.5. The maximum absolute atomic E-state index is 6.04. The van der Waals surface area contributed by atoms with E-state index in [2.05, 4.69) is 33.0 Å². The van der Waals surface area contributed by atoms with Gasteiger partial charge in [-0.3, -0.25) is 0 Å². The number of halogens is 1. The summed E-state index contributed by atoms with van der Waals surface area (Å²) in [4.78, 5) is 4.72. The Morgan fingerprint density at radius 3 is 2.48 bits per heavy atom. The first kappa shape index (κ1) is 27.4. The number of aliphatic imine (C=N–C) groups is 1. The number of aromatic nitrogens is 3. The molecule has 1 fully saturated rings. The standard InChI is InChI=1S/C24H38N6O2.HI/c1-19-28-29-23(30(19)2)18-27-24(25-15-7-17-32-22-8-5-4-6-9-22)26-16-14-20-10-12-21(31-3)13-11-20;/h10-13,22H,4-9,14-18H2,1-3H3,(H2,25,26,27);1H. The molecule has 1 saturated carbocycles.